The van der Waals surface area contributed by atoms with Gasteiger partial charge in [-0.3, -0.25) is 13.6 Å². The number of amides is 3. The number of nitrogen functional groups attached to an aromatic ring is 2. The maximum Gasteiger partial charge on any atom is 0.416 e. The second-order valence-electron chi connectivity index (χ2n) is 17.3. The van der Waals surface area contributed by atoms with Crippen molar-refractivity contribution in [1.82, 2.24) is 43.5 Å². The summed E-state index contributed by atoms with van der Waals surface area (Å²) in [5, 5.41) is 2.41. The standard InChI is InChI=1S/C32H28F3N7O3.C19H20BrN5O2/c33-32(34,35)24-12-13-37-25(17-24)39-30(43)22-10-8-21(9-11-22)26-27-28(36)38-14-16-42(27)29(40-26)23-7-4-15-41(18-23)31(44)45-19-20-5-2-1-3-6-20;20-16-15-17(21)22-8-10-25(15)18(23-16)14-7-4-9-24(11-14)19(26)27-12-13-5-2-1-3-6-13/h1-3,5-6,8-14,16-17,23H,4,7,15,18-19H2,(H2,36,38)(H,37,39,43);1-3,5-6,8,10,14H,4,7,9,11-12H2,(H2,21,22)/t23-;14-/m11/s1. The van der Waals surface area contributed by atoms with Crippen molar-refractivity contribution < 1.29 is 37.0 Å². The number of alkyl halides is 3. The maximum absolute atomic E-state index is 13.1. The third kappa shape index (κ3) is 11.1. The van der Waals surface area contributed by atoms with E-state index in [0.717, 1.165) is 66.5 Å². The summed E-state index contributed by atoms with van der Waals surface area (Å²) in [6.07, 6.45) is 6.04. The van der Waals surface area contributed by atoms with Gasteiger partial charge in [0.05, 0.1) is 5.56 Å². The van der Waals surface area contributed by atoms with Gasteiger partial charge in [0.1, 0.15) is 57.8 Å². The summed E-state index contributed by atoms with van der Waals surface area (Å²) in [5.74, 6) is 1.47. The number of nitrogens with two attached hydrogens (primary N) is 2. The zero-order valence-electron chi connectivity index (χ0n) is 38.6. The number of imidazole rings is 2. The van der Waals surface area contributed by atoms with E-state index in [1.807, 2.05) is 75.7 Å². The van der Waals surface area contributed by atoms with Gasteiger partial charge in [-0.25, -0.2) is 34.5 Å². The number of nitrogens with zero attached hydrogens (tertiary/aromatic N) is 9. The highest BCUT2D eigenvalue weighted by molar-refractivity contribution is 9.10. The molecular weight excluding hydrogens is 998 g/mol. The number of fused-ring (bicyclic) bond motifs is 2. The van der Waals surface area contributed by atoms with Crippen LogP contribution in [0, 0.1) is 0 Å². The zero-order chi connectivity index (χ0) is 50.4. The Hall–Kier alpha value is -8.07. The molecule has 0 saturated carbocycles. The molecular formula is C51H48BrF3N12O5. The van der Waals surface area contributed by atoms with Gasteiger partial charge >= 0.3 is 18.4 Å². The summed E-state index contributed by atoms with van der Waals surface area (Å²) >= 11 is 3.47. The van der Waals surface area contributed by atoms with Gasteiger partial charge in [0.2, 0.25) is 0 Å². The average molecular weight is 1050 g/mol. The first kappa shape index (κ1) is 48.9. The Bertz CT molecular complexity index is 3210. The molecule has 72 heavy (non-hydrogen) atoms. The number of ether oxygens (including phenoxy) is 2. The van der Waals surface area contributed by atoms with Gasteiger partial charge in [0.15, 0.2) is 5.82 Å². The summed E-state index contributed by atoms with van der Waals surface area (Å²) in [5.41, 5.74) is 16.0. The number of benzene rings is 3. The molecule has 2 atom stereocenters. The van der Waals surface area contributed by atoms with Crippen LogP contribution in [-0.2, 0) is 28.9 Å². The van der Waals surface area contributed by atoms with E-state index in [4.69, 9.17) is 25.9 Å². The summed E-state index contributed by atoms with van der Waals surface area (Å²) < 4.78 is 54.7. The second kappa shape index (κ2) is 21.5. The predicted molar refractivity (Wildman–Crippen MR) is 265 cm³/mol. The highest BCUT2D eigenvalue weighted by Gasteiger charge is 2.33. The molecule has 2 aliphatic rings. The number of pyridine rings is 1. The van der Waals surface area contributed by atoms with E-state index in [1.54, 1.807) is 52.7 Å². The van der Waals surface area contributed by atoms with E-state index in [2.05, 4.69) is 41.2 Å². The molecule has 5 N–H and O–H groups in total. The number of carbonyl (C=O) groups is 3. The molecule has 2 saturated heterocycles. The smallest absolute Gasteiger partial charge is 0.416 e. The Morgan fingerprint density at radius 3 is 1.76 bits per heavy atom. The lowest BCUT2D eigenvalue weighted by atomic mass is 9.97. The number of carbonyl (C=O) groups excluding carboxylic acids is 3. The van der Waals surface area contributed by atoms with E-state index < -0.39 is 17.6 Å². The van der Waals surface area contributed by atoms with Crippen LogP contribution >= 0.6 is 15.9 Å². The molecule has 0 bridgehead atoms. The number of likely N-dealkylation sites (tertiary alicyclic amines) is 2. The fraction of sp³-hybridized carbons (Fsp3) is 0.255. The van der Waals surface area contributed by atoms with Crippen LogP contribution in [-0.4, -0.2) is 87.8 Å². The lowest BCUT2D eigenvalue weighted by molar-refractivity contribution is -0.137. The van der Waals surface area contributed by atoms with Crippen LogP contribution in [0.2, 0.25) is 0 Å². The fourth-order valence-corrected chi connectivity index (χ4v) is 9.45. The Kier molecular flexibility index (Phi) is 14.6. The minimum Gasteiger partial charge on any atom is -0.445 e. The van der Waals surface area contributed by atoms with Gasteiger partial charge in [-0.2, -0.15) is 13.2 Å². The van der Waals surface area contributed by atoms with Crippen LogP contribution in [0.25, 0.3) is 22.3 Å². The van der Waals surface area contributed by atoms with Crippen molar-refractivity contribution >= 4 is 62.5 Å². The van der Waals surface area contributed by atoms with Crippen molar-refractivity contribution in [1.29, 1.82) is 0 Å². The molecule has 0 spiro atoms. The van der Waals surface area contributed by atoms with Gasteiger partial charge < -0.3 is 36.1 Å². The van der Waals surface area contributed by atoms with Crippen molar-refractivity contribution in [2.24, 2.45) is 0 Å². The van der Waals surface area contributed by atoms with Gasteiger partial charge in [-0.15, -0.1) is 0 Å². The summed E-state index contributed by atoms with van der Waals surface area (Å²) in [4.78, 5) is 63.4. The molecule has 0 aliphatic carbocycles. The van der Waals surface area contributed by atoms with E-state index in [1.165, 1.54) is 0 Å². The molecule has 3 aromatic carbocycles. The number of anilines is 3. The first-order valence-electron chi connectivity index (χ1n) is 23.1. The third-order valence-corrected chi connectivity index (χ3v) is 13.0. The molecule has 370 valence electrons. The minimum absolute atomic E-state index is 0.101. The van der Waals surface area contributed by atoms with Crippen LogP contribution in [0.4, 0.5) is 40.2 Å². The summed E-state index contributed by atoms with van der Waals surface area (Å²) in [6, 6.07) is 27.2. The number of halogens is 4. The number of hydrogen-bond acceptors (Lipinski definition) is 12. The third-order valence-electron chi connectivity index (χ3n) is 12.4. The molecule has 8 aromatic rings. The van der Waals surface area contributed by atoms with Crippen LogP contribution in [0.3, 0.4) is 0 Å². The van der Waals surface area contributed by atoms with Crippen LogP contribution in [0.15, 0.2) is 133 Å². The molecule has 2 aliphatic heterocycles. The topological polar surface area (TPSA) is 213 Å². The summed E-state index contributed by atoms with van der Waals surface area (Å²) in [6.45, 7) is 2.71. The molecule has 2 fully saturated rings. The molecule has 0 unspecified atom stereocenters. The number of nitrogens with one attached hydrogen (secondary N) is 1. The quantitative estimate of drug-likeness (QED) is 0.123. The zero-order valence-corrected chi connectivity index (χ0v) is 40.2. The Balaban J connectivity index is 0.000000201. The highest BCUT2D eigenvalue weighted by atomic mass is 79.9. The van der Waals surface area contributed by atoms with Crippen LogP contribution in [0.1, 0.15) is 76.2 Å². The van der Waals surface area contributed by atoms with Crippen LogP contribution in [0.5, 0.6) is 0 Å². The van der Waals surface area contributed by atoms with Crippen molar-refractivity contribution in [2.75, 3.05) is 43.0 Å². The molecule has 7 heterocycles. The molecule has 10 rings (SSSR count). The normalized spacial score (nSPS) is 15.9. The molecule has 21 heteroatoms. The van der Waals surface area contributed by atoms with Gasteiger partial charge in [-0.05, 0) is 77.0 Å². The second-order valence-corrected chi connectivity index (χ2v) is 18.0. The van der Waals surface area contributed by atoms with E-state index in [-0.39, 0.29) is 54.4 Å². The first-order chi connectivity index (χ1) is 34.8. The van der Waals surface area contributed by atoms with Crippen LogP contribution < -0.4 is 16.8 Å². The van der Waals surface area contributed by atoms with E-state index in [9.17, 15) is 27.6 Å². The predicted octanol–water partition coefficient (Wildman–Crippen LogP) is 9.75. The average Bonchev–Trinajstić information content (AvgIpc) is 3.97. The van der Waals surface area contributed by atoms with Gasteiger partial charge in [0.25, 0.3) is 5.91 Å². The Morgan fingerprint density at radius 2 is 1.21 bits per heavy atom. The minimum atomic E-state index is -4.56. The van der Waals surface area contributed by atoms with Gasteiger partial charge in [-0.1, -0.05) is 72.8 Å². The molecule has 5 aromatic heterocycles. The van der Waals surface area contributed by atoms with Crippen molar-refractivity contribution in [2.45, 2.75) is 56.9 Å². The lowest BCUT2D eigenvalue weighted by Crippen LogP contribution is -2.39. The first-order valence-corrected chi connectivity index (χ1v) is 23.9. The number of piperidine rings is 2. The Labute approximate surface area is 419 Å². The highest BCUT2D eigenvalue weighted by Crippen LogP contribution is 2.36. The summed E-state index contributed by atoms with van der Waals surface area (Å²) in [7, 11) is 0. The SMILES string of the molecule is Nc1nccn2c([C@@H]3CCCN(C(=O)OCc4ccccc4)C3)nc(-c3ccc(C(=O)Nc4cc(C(F)(F)F)ccn4)cc3)c12.Nc1nccn2c([C@@H]3CCCN(C(=O)OCc4ccccc4)C3)nc(Br)c12. The number of rotatable bonds is 9. The molecule has 17 nitrogen and oxygen atoms in total. The Morgan fingerprint density at radius 1 is 0.681 bits per heavy atom. The van der Waals surface area contributed by atoms with Crippen molar-refractivity contribution in [3.8, 4) is 11.3 Å². The number of aromatic nitrogens is 7. The monoisotopic (exact) mass is 1040 g/mol. The molecule has 0 radical (unpaired) electrons. The fourth-order valence-electron chi connectivity index (χ4n) is 8.88. The van der Waals surface area contributed by atoms with Crippen molar-refractivity contribution in [3.05, 3.63) is 167 Å². The molecule has 3 amide bonds. The lowest BCUT2D eigenvalue weighted by Gasteiger charge is -2.31. The van der Waals surface area contributed by atoms with Gasteiger partial charge in [0, 0.05) is 80.1 Å². The number of hydrogen-bond donors (Lipinski definition) is 3. The van der Waals surface area contributed by atoms with Crippen molar-refractivity contribution in [3.63, 3.8) is 0 Å². The van der Waals surface area contributed by atoms with E-state index in [0.29, 0.717) is 59.2 Å². The maximum atomic E-state index is 13.1. The van der Waals surface area contributed by atoms with E-state index >= 15 is 0 Å². The largest absolute Gasteiger partial charge is 0.445 e.